The van der Waals surface area contributed by atoms with Gasteiger partial charge in [-0.05, 0) is 11.3 Å². The lowest BCUT2D eigenvalue weighted by Crippen LogP contribution is -1.79. The molecular weight excluding hydrogens is 116 g/mol. The molecule has 0 rings (SSSR count). The van der Waals surface area contributed by atoms with Crippen LogP contribution in [0.25, 0.3) is 0 Å². The largest absolute Gasteiger partial charge is 0.0906 e. The molecule has 44 valence electrons. The van der Waals surface area contributed by atoms with Gasteiger partial charge in [-0.25, -0.2) is 0 Å². The van der Waals surface area contributed by atoms with Crippen LogP contribution in [0.1, 0.15) is 13.8 Å². The van der Waals surface area contributed by atoms with Gasteiger partial charge in [0, 0.05) is 5.25 Å². The zero-order valence-electron chi connectivity index (χ0n) is 5.27. The van der Waals surface area contributed by atoms with E-state index < -0.39 is 0 Å². The highest BCUT2D eigenvalue weighted by Gasteiger charge is 1.84. The molecule has 1 heteroatoms. The summed E-state index contributed by atoms with van der Waals surface area (Å²) < 4.78 is 0. The average molecular weight is 126 g/mol. The molecule has 0 aliphatic rings. The normalized spacial score (nSPS) is 7.88. The van der Waals surface area contributed by atoms with Gasteiger partial charge >= 0.3 is 0 Å². The number of allylic oxidation sites excluding steroid dienone is 1. The van der Waals surface area contributed by atoms with Crippen molar-refractivity contribution in [3.05, 3.63) is 12.7 Å². The number of rotatable bonds is 1. The average Bonchev–Trinajstić information content (AvgIpc) is 1.66. The zero-order valence-corrected chi connectivity index (χ0v) is 6.09. The third-order valence-electron chi connectivity index (χ3n) is 0.456. The van der Waals surface area contributed by atoms with Gasteiger partial charge in [0.2, 0.25) is 0 Å². The van der Waals surface area contributed by atoms with E-state index in [4.69, 9.17) is 0 Å². The first-order valence-corrected chi connectivity index (χ1v) is 3.42. The summed E-state index contributed by atoms with van der Waals surface area (Å²) in [4.78, 5) is 0. The van der Waals surface area contributed by atoms with Crippen LogP contribution < -0.4 is 0 Å². The van der Waals surface area contributed by atoms with Crippen molar-refractivity contribution < 1.29 is 0 Å². The summed E-state index contributed by atoms with van der Waals surface area (Å²) in [6, 6.07) is 0. The Morgan fingerprint density at radius 1 is 1.62 bits per heavy atom. The van der Waals surface area contributed by atoms with Crippen molar-refractivity contribution in [1.82, 2.24) is 0 Å². The van der Waals surface area contributed by atoms with Crippen LogP contribution in [0.3, 0.4) is 0 Å². The van der Waals surface area contributed by atoms with Crippen molar-refractivity contribution in [2.75, 3.05) is 0 Å². The standard InChI is InChI=1S/C7H10S/c1-4-5-6-8-7(2)3/h4,7H,1H2,2-3H3. The molecule has 0 heterocycles. The van der Waals surface area contributed by atoms with Crippen LogP contribution in [0.4, 0.5) is 0 Å². The van der Waals surface area contributed by atoms with E-state index >= 15 is 0 Å². The number of thioether (sulfide) groups is 1. The van der Waals surface area contributed by atoms with Crippen LogP contribution in [-0.2, 0) is 0 Å². The number of hydrogen-bond acceptors (Lipinski definition) is 1. The number of hydrogen-bond donors (Lipinski definition) is 0. The lowest BCUT2D eigenvalue weighted by atomic mass is 10.6. The molecule has 0 bridgehead atoms. The molecule has 0 radical (unpaired) electrons. The predicted molar refractivity (Wildman–Crippen MR) is 40.7 cm³/mol. The van der Waals surface area contributed by atoms with E-state index in [2.05, 4.69) is 31.6 Å². The Labute approximate surface area is 55.4 Å². The van der Waals surface area contributed by atoms with E-state index in [-0.39, 0.29) is 0 Å². The minimum Gasteiger partial charge on any atom is -0.0906 e. The van der Waals surface area contributed by atoms with Crippen molar-refractivity contribution in [3.8, 4) is 11.2 Å². The Hall–Kier alpha value is -0.350. The summed E-state index contributed by atoms with van der Waals surface area (Å²) >= 11 is 1.62. The van der Waals surface area contributed by atoms with E-state index in [0.29, 0.717) is 5.25 Å². The van der Waals surface area contributed by atoms with Crippen LogP contribution in [-0.4, -0.2) is 5.25 Å². The van der Waals surface area contributed by atoms with Gasteiger partial charge in [-0.15, -0.1) is 0 Å². The minimum absolute atomic E-state index is 0.599. The first-order valence-electron chi connectivity index (χ1n) is 2.54. The maximum absolute atomic E-state index is 3.47. The molecule has 0 aliphatic heterocycles. The molecule has 0 saturated heterocycles. The van der Waals surface area contributed by atoms with E-state index in [1.54, 1.807) is 17.8 Å². The van der Waals surface area contributed by atoms with Crippen molar-refractivity contribution in [2.45, 2.75) is 19.1 Å². The molecule has 0 aromatic heterocycles. The summed E-state index contributed by atoms with van der Waals surface area (Å²) in [6.07, 6.45) is 1.61. The molecule has 0 nitrogen and oxygen atoms in total. The van der Waals surface area contributed by atoms with Gasteiger partial charge in [-0.2, -0.15) is 0 Å². The third kappa shape index (κ3) is 5.65. The maximum Gasteiger partial charge on any atom is 0.0114 e. The monoisotopic (exact) mass is 126 g/mol. The molecule has 0 atom stereocenters. The van der Waals surface area contributed by atoms with Crippen LogP contribution >= 0.6 is 11.8 Å². The second-order valence-corrected chi connectivity index (χ2v) is 3.00. The predicted octanol–water partition coefficient (Wildman–Crippen LogP) is 2.27. The van der Waals surface area contributed by atoms with Gasteiger partial charge in [-0.3, -0.25) is 0 Å². The lowest BCUT2D eigenvalue weighted by Gasteiger charge is -1.90. The Kier molecular flexibility index (Phi) is 4.59. The fraction of sp³-hybridized carbons (Fsp3) is 0.429. The van der Waals surface area contributed by atoms with Gasteiger partial charge in [0.05, 0.1) is 0 Å². The van der Waals surface area contributed by atoms with Crippen LogP contribution in [0.15, 0.2) is 12.7 Å². The van der Waals surface area contributed by atoms with Gasteiger partial charge < -0.3 is 0 Å². The van der Waals surface area contributed by atoms with E-state index in [9.17, 15) is 0 Å². The topological polar surface area (TPSA) is 0 Å². The Morgan fingerprint density at radius 3 is 2.62 bits per heavy atom. The van der Waals surface area contributed by atoms with Crippen molar-refractivity contribution >= 4 is 11.8 Å². The summed E-state index contributed by atoms with van der Waals surface area (Å²) in [5.41, 5.74) is 0. The highest BCUT2D eigenvalue weighted by molar-refractivity contribution is 8.04. The molecule has 0 aliphatic carbocycles. The zero-order chi connectivity index (χ0) is 6.41. The summed E-state index contributed by atoms with van der Waals surface area (Å²) in [6.45, 7) is 7.70. The Bertz CT molecular complexity index is 114. The molecule has 0 spiro atoms. The second kappa shape index (κ2) is 4.80. The SMILES string of the molecule is C=CC#CSC(C)C. The second-order valence-electron chi connectivity index (χ2n) is 1.62. The van der Waals surface area contributed by atoms with Gasteiger partial charge in [0.1, 0.15) is 0 Å². The van der Waals surface area contributed by atoms with E-state index in [1.165, 1.54) is 0 Å². The fourth-order valence-corrected chi connectivity index (χ4v) is 0.581. The van der Waals surface area contributed by atoms with Crippen molar-refractivity contribution in [1.29, 1.82) is 0 Å². The smallest absolute Gasteiger partial charge is 0.0114 e. The third-order valence-corrected chi connectivity index (χ3v) is 1.16. The maximum atomic E-state index is 3.47. The molecule has 0 saturated carbocycles. The van der Waals surface area contributed by atoms with Gasteiger partial charge in [0.25, 0.3) is 0 Å². The van der Waals surface area contributed by atoms with E-state index in [0.717, 1.165) is 0 Å². The molecule has 0 aromatic rings. The first-order chi connectivity index (χ1) is 3.77. The summed E-state index contributed by atoms with van der Waals surface area (Å²) in [5, 5.41) is 3.48. The highest BCUT2D eigenvalue weighted by atomic mass is 32.2. The lowest BCUT2D eigenvalue weighted by molar-refractivity contribution is 1.12. The molecule has 8 heavy (non-hydrogen) atoms. The first kappa shape index (κ1) is 7.65. The molecule has 0 fully saturated rings. The molecule has 0 unspecified atom stereocenters. The van der Waals surface area contributed by atoms with Crippen molar-refractivity contribution in [3.63, 3.8) is 0 Å². The highest BCUT2D eigenvalue weighted by Crippen LogP contribution is 2.04. The Morgan fingerprint density at radius 2 is 2.25 bits per heavy atom. The molecule has 0 N–H and O–H groups in total. The minimum atomic E-state index is 0.599. The van der Waals surface area contributed by atoms with Crippen LogP contribution in [0.2, 0.25) is 0 Å². The molecular formula is C7H10S. The fourth-order valence-electron chi connectivity index (χ4n) is 0.194. The molecule has 0 aromatic carbocycles. The van der Waals surface area contributed by atoms with Crippen molar-refractivity contribution in [2.24, 2.45) is 0 Å². The van der Waals surface area contributed by atoms with E-state index in [1.807, 2.05) is 0 Å². The van der Waals surface area contributed by atoms with Gasteiger partial charge in [-0.1, -0.05) is 38.1 Å². The molecule has 0 amide bonds. The summed E-state index contributed by atoms with van der Waals surface area (Å²) in [5.74, 6) is 2.76. The quantitative estimate of drug-likeness (QED) is 0.486. The van der Waals surface area contributed by atoms with Crippen LogP contribution in [0, 0.1) is 11.2 Å². The van der Waals surface area contributed by atoms with Gasteiger partial charge in [0.15, 0.2) is 0 Å². The van der Waals surface area contributed by atoms with Crippen LogP contribution in [0.5, 0.6) is 0 Å². The summed E-state index contributed by atoms with van der Waals surface area (Å²) in [7, 11) is 0. The Balaban J connectivity index is 3.28.